The number of aliphatic hydroxyl groups excluding tert-OH is 1. The van der Waals surface area contributed by atoms with Gasteiger partial charge in [-0.2, -0.15) is 0 Å². The van der Waals surface area contributed by atoms with E-state index < -0.39 is 0 Å². The number of hydrogen-bond donors (Lipinski definition) is 2. The molecular formula is C13H19NO5. The van der Waals surface area contributed by atoms with Crippen molar-refractivity contribution in [3.63, 3.8) is 0 Å². The molecule has 0 saturated heterocycles. The Labute approximate surface area is 112 Å². The summed E-state index contributed by atoms with van der Waals surface area (Å²) in [6.07, 6.45) is 0. The van der Waals surface area contributed by atoms with Crippen molar-refractivity contribution >= 4 is 5.71 Å². The third-order valence-corrected chi connectivity index (χ3v) is 2.45. The predicted molar refractivity (Wildman–Crippen MR) is 70.4 cm³/mol. The van der Waals surface area contributed by atoms with E-state index in [1.807, 2.05) is 0 Å². The molecule has 0 radical (unpaired) electrons. The van der Waals surface area contributed by atoms with Crippen LogP contribution in [0.25, 0.3) is 0 Å². The van der Waals surface area contributed by atoms with E-state index in [1.54, 1.807) is 32.2 Å². The SMILES string of the molecule is COc1ccc(/C(C)=N/O)c(OCCOCCO)c1. The number of hydrogen-bond acceptors (Lipinski definition) is 6. The first-order valence-electron chi connectivity index (χ1n) is 5.91. The van der Waals surface area contributed by atoms with Gasteiger partial charge in [0.25, 0.3) is 0 Å². The van der Waals surface area contributed by atoms with E-state index in [1.165, 1.54) is 0 Å². The van der Waals surface area contributed by atoms with Crippen LogP contribution >= 0.6 is 0 Å². The molecule has 1 rings (SSSR count). The van der Waals surface area contributed by atoms with Crippen LogP contribution in [0.2, 0.25) is 0 Å². The highest BCUT2D eigenvalue weighted by Crippen LogP contribution is 2.25. The maximum Gasteiger partial charge on any atom is 0.132 e. The molecule has 0 amide bonds. The Bertz CT molecular complexity index is 419. The molecule has 0 unspecified atom stereocenters. The average Bonchev–Trinajstić information content (AvgIpc) is 2.46. The van der Waals surface area contributed by atoms with E-state index in [0.717, 1.165) is 0 Å². The molecule has 0 fully saturated rings. The monoisotopic (exact) mass is 269 g/mol. The third kappa shape index (κ3) is 4.76. The minimum atomic E-state index is -0.0132. The van der Waals surface area contributed by atoms with Crippen molar-refractivity contribution in [2.45, 2.75) is 6.92 Å². The van der Waals surface area contributed by atoms with Gasteiger partial charge in [0, 0.05) is 11.6 Å². The number of nitrogens with zero attached hydrogens (tertiary/aromatic N) is 1. The van der Waals surface area contributed by atoms with Gasteiger partial charge in [0.2, 0.25) is 0 Å². The van der Waals surface area contributed by atoms with Crippen molar-refractivity contribution < 1.29 is 24.5 Å². The van der Waals surface area contributed by atoms with Crippen LogP contribution in [0.3, 0.4) is 0 Å². The van der Waals surface area contributed by atoms with Crippen molar-refractivity contribution in [3.05, 3.63) is 23.8 Å². The first-order chi connectivity index (χ1) is 9.22. The maximum atomic E-state index is 8.83. The van der Waals surface area contributed by atoms with Gasteiger partial charge in [-0.15, -0.1) is 0 Å². The molecule has 0 aliphatic carbocycles. The van der Waals surface area contributed by atoms with Crippen molar-refractivity contribution in [2.24, 2.45) is 5.16 Å². The summed E-state index contributed by atoms with van der Waals surface area (Å²) in [5.74, 6) is 1.21. The Hall–Kier alpha value is -1.79. The Morgan fingerprint density at radius 3 is 2.68 bits per heavy atom. The summed E-state index contributed by atoms with van der Waals surface area (Å²) in [4.78, 5) is 0. The van der Waals surface area contributed by atoms with Gasteiger partial charge >= 0.3 is 0 Å². The second-order valence-corrected chi connectivity index (χ2v) is 3.73. The van der Waals surface area contributed by atoms with Crippen LogP contribution in [0, 0.1) is 0 Å². The molecule has 0 heterocycles. The Morgan fingerprint density at radius 1 is 1.26 bits per heavy atom. The van der Waals surface area contributed by atoms with E-state index in [-0.39, 0.29) is 13.2 Å². The van der Waals surface area contributed by atoms with Gasteiger partial charge in [0.15, 0.2) is 0 Å². The van der Waals surface area contributed by atoms with E-state index in [4.69, 9.17) is 24.5 Å². The van der Waals surface area contributed by atoms with Gasteiger partial charge < -0.3 is 24.5 Å². The fraction of sp³-hybridized carbons (Fsp3) is 0.462. The van der Waals surface area contributed by atoms with Gasteiger partial charge in [-0.25, -0.2) is 0 Å². The van der Waals surface area contributed by atoms with Gasteiger partial charge in [-0.05, 0) is 19.1 Å². The summed E-state index contributed by atoms with van der Waals surface area (Å²) in [7, 11) is 1.57. The Morgan fingerprint density at radius 2 is 2.05 bits per heavy atom. The zero-order valence-electron chi connectivity index (χ0n) is 11.1. The van der Waals surface area contributed by atoms with Gasteiger partial charge in [-0.3, -0.25) is 0 Å². The lowest BCUT2D eigenvalue weighted by Gasteiger charge is -2.12. The van der Waals surface area contributed by atoms with Crippen molar-refractivity contribution in [2.75, 3.05) is 33.5 Å². The van der Waals surface area contributed by atoms with Crippen molar-refractivity contribution in [1.29, 1.82) is 0 Å². The van der Waals surface area contributed by atoms with Crippen LogP contribution in [0.4, 0.5) is 0 Å². The molecule has 106 valence electrons. The fourth-order valence-corrected chi connectivity index (χ4v) is 1.48. The molecule has 6 heteroatoms. The van der Waals surface area contributed by atoms with Crippen molar-refractivity contribution in [3.8, 4) is 11.5 Å². The normalized spacial score (nSPS) is 11.4. The molecule has 0 spiro atoms. The molecule has 0 bridgehead atoms. The minimum Gasteiger partial charge on any atom is -0.497 e. The molecule has 0 aromatic heterocycles. The van der Waals surface area contributed by atoms with Gasteiger partial charge in [-0.1, -0.05) is 5.16 Å². The van der Waals surface area contributed by atoms with E-state index in [2.05, 4.69) is 5.16 Å². The van der Waals surface area contributed by atoms with Gasteiger partial charge in [0.05, 0.1) is 32.6 Å². The summed E-state index contributed by atoms with van der Waals surface area (Å²) < 4.78 is 15.8. The summed E-state index contributed by atoms with van der Waals surface area (Å²) in [5, 5.41) is 20.6. The zero-order valence-corrected chi connectivity index (χ0v) is 11.1. The van der Waals surface area contributed by atoms with Crippen LogP contribution in [0.1, 0.15) is 12.5 Å². The predicted octanol–water partition coefficient (Wildman–Crippen LogP) is 1.28. The molecule has 6 nitrogen and oxygen atoms in total. The molecule has 19 heavy (non-hydrogen) atoms. The number of methoxy groups -OCH3 is 1. The van der Waals surface area contributed by atoms with Gasteiger partial charge in [0.1, 0.15) is 18.1 Å². The van der Waals surface area contributed by atoms with Crippen LogP contribution in [0.5, 0.6) is 11.5 Å². The molecule has 1 aromatic carbocycles. The zero-order chi connectivity index (χ0) is 14.1. The number of ether oxygens (including phenoxy) is 3. The summed E-state index contributed by atoms with van der Waals surface area (Å²) >= 11 is 0. The largest absolute Gasteiger partial charge is 0.497 e. The van der Waals surface area contributed by atoms with E-state index >= 15 is 0 Å². The van der Waals surface area contributed by atoms with Crippen LogP contribution in [-0.2, 0) is 4.74 Å². The molecule has 0 atom stereocenters. The fourth-order valence-electron chi connectivity index (χ4n) is 1.48. The molecule has 2 N–H and O–H groups in total. The number of oxime groups is 1. The molecule has 0 aliphatic heterocycles. The second kappa shape index (κ2) is 8.34. The van der Waals surface area contributed by atoms with E-state index in [0.29, 0.717) is 36.0 Å². The molecule has 1 aromatic rings. The van der Waals surface area contributed by atoms with Crippen LogP contribution in [0.15, 0.2) is 23.4 Å². The minimum absolute atomic E-state index is 0.0132. The van der Waals surface area contributed by atoms with Crippen LogP contribution in [-0.4, -0.2) is 49.6 Å². The maximum absolute atomic E-state index is 8.83. The van der Waals surface area contributed by atoms with Crippen LogP contribution < -0.4 is 9.47 Å². The number of benzene rings is 1. The van der Waals surface area contributed by atoms with E-state index in [9.17, 15) is 0 Å². The summed E-state index contributed by atoms with van der Waals surface area (Å²) in [6, 6.07) is 5.24. The highest BCUT2D eigenvalue weighted by atomic mass is 16.5. The third-order valence-electron chi connectivity index (χ3n) is 2.45. The molecule has 0 aliphatic rings. The second-order valence-electron chi connectivity index (χ2n) is 3.73. The first-order valence-corrected chi connectivity index (χ1v) is 5.91. The lowest BCUT2D eigenvalue weighted by molar-refractivity contribution is 0.0704. The standard InChI is InChI=1S/C13H19NO5/c1-10(14-16)12-4-3-11(17-2)9-13(12)19-8-7-18-6-5-15/h3-4,9,15-16H,5-8H2,1-2H3/b14-10+. The Kier molecular flexibility index (Phi) is 6.70. The smallest absolute Gasteiger partial charge is 0.132 e. The highest BCUT2D eigenvalue weighted by molar-refractivity contribution is 6.00. The lowest BCUT2D eigenvalue weighted by atomic mass is 10.1. The number of aliphatic hydroxyl groups is 1. The van der Waals surface area contributed by atoms with Crippen molar-refractivity contribution in [1.82, 2.24) is 0 Å². The first kappa shape index (κ1) is 15.3. The molecule has 0 saturated carbocycles. The highest BCUT2D eigenvalue weighted by Gasteiger charge is 2.09. The summed E-state index contributed by atoms with van der Waals surface area (Å²) in [6.45, 7) is 2.65. The Balaban J connectivity index is 2.72. The topological polar surface area (TPSA) is 80.5 Å². The quantitative estimate of drug-likeness (QED) is 0.321. The average molecular weight is 269 g/mol. The summed E-state index contributed by atoms with van der Waals surface area (Å²) in [5.41, 5.74) is 1.14. The number of rotatable bonds is 8. The molecular weight excluding hydrogens is 250 g/mol. The lowest BCUT2D eigenvalue weighted by Crippen LogP contribution is -2.11.